The molecule has 0 saturated carbocycles. The fourth-order valence-corrected chi connectivity index (χ4v) is 2.49. The minimum Gasteiger partial charge on any atom is -0.478 e. The van der Waals surface area contributed by atoms with Gasteiger partial charge in [-0.2, -0.15) is 0 Å². The highest BCUT2D eigenvalue weighted by Gasteiger charge is 2.15. The molecule has 21 heavy (non-hydrogen) atoms. The average molecular weight is 312 g/mol. The van der Waals surface area contributed by atoms with Gasteiger partial charge >= 0.3 is 12.0 Å². The first kappa shape index (κ1) is 17.2. The number of hydrogen-bond acceptors (Lipinski definition) is 3. The lowest BCUT2D eigenvalue weighted by Crippen LogP contribution is -2.31. The normalized spacial score (nSPS) is 11.8. The van der Waals surface area contributed by atoms with E-state index in [1.165, 1.54) is 6.07 Å². The Morgan fingerprint density at radius 2 is 1.95 bits per heavy atom. The minimum atomic E-state index is -1.08. The number of benzene rings is 1. The van der Waals surface area contributed by atoms with Gasteiger partial charge in [-0.25, -0.2) is 9.59 Å². The number of carboxylic acid groups (broad SMARTS) is 1. The van der Waals surface area contributed by atoms with E-state index in [0.717, 1.165) is 5.56 Å². The van der Waals surface area contributed by atoms with Crippen LogP contribution in [0.2, 0.25) is 0 Å². The van der Waals surface area contributed by atoms with Crippen LogP contribution in [0.1, 0.15) is 27.9 Å². The summed E-state index contributed by atoms with van der Waals surface area (Å²) in [5, 5.41) is 14.4. The van der Waals surface area contributed by atoms with Crippen LogP contribution in [0.4, 0.5) is 10.5 Å². The number of aromatic carboxylic acids is 1. The van der Waals surface area contributed by atoms with Gasteiger partial charge in [0.05, 0.1) is 11.3 Å². The van der Waals surface area contributed by atoms with Gasteiger partial charge in [-0.15, -0.1) is 0 Å². The summed E-state index contributed by atoms with van der Waals surface area (Å²) in [5.74, 6) is -0.567. The highest BCUT2D eigenvalue weighted by Crippen LogP contribution is 2.22. The molecule has 3 N–H and O–H groups in total. The van der Waals surface area contributed by atoms with Gasteiger partial charge in [-0.05, 0) is 37.5 Å². The fourth-order valence-electron chi connectivity index (χ4n) is 1.94. The van der Waals surface area contributed by atoms with Crippen molar-refractivity contribution in [2.45, 2.75) is 20.3 Å². The number of aryl methyl sites for hydroxylation is 2. The SMILES string of the molecule is Cc1cc(C)c(NC(=O)NCCCS(C)=O)c(C(=O)O)c1. The summed E-state index contributed by atoms with van der Waals surface area (Å²) in [5.41, 5.74) is 1.88. The van der Waals surface area contributed by atoms with Gasteiger partial charge in [0.1, 0.15) is 0 Å². The van der Waals surface area contributed by atoms with Crippen molar-refractivity contribution in [1.82, 2.24) is 5.32 Å². The van der Waals surface area contributed by atoms with Crippen molar-refractivity contribution < 1.29 is 18.9 Å². The minimum absolute atomic E-state index is 0.0670. The van der Waals surface area contributed by atoms with E-state index in [1.54, 1.807) is 20.1 Å². The van der Waals surface area contributed by atoms with Crippen LogP contribution in [0.3, 0.4) is 0 Å². The zero-order valence-corrected chi connectivity index (χ0v) is 13.2. The summed E-state index contributed by atoms with van der Waals surface area (Å²) >= 11 is 0. The summed E-state index contributed by atoms with van der Waals surface area (Å²) in [7, 11) is -0.884. The number of urea groups is 1. The van der Waals surface area contributed by atoms with Crippen molar-refractivity contribution in [3.8, 4) is 0 Å². The van der Waals surface area contributed by atoms with Crippen molar-refractivity contribution in [2.75, 3.05) is 23.9 Å². The van der Waals surface area contributed by atoms with Gasteiger partial charge in [0.25, 0.3) is 0 Å². The van der Waals surface area contributed by atoms with Crippen LogP contribution in [0.25, 0.3) is 0 Å². The van der Waals surface area contributed by atoms with Gasteiger partial charge in [0.15, 0.2) is 0 Å². The molecule has 1 unspecified atom stereocenters. The van der Waals surface area contributed by atoms with Crippen molar-refractivity contribution in [2.24, 2.45) is 0 Å². The van der Waals surface area contributed by atoms with E-state index in [4.69, 9.17) is 0 Å². The predicted molar refractivity (Wildman–Crippen MR) is 83.4 cm³/mol. The molecule has 1 atom stereocenters. The Bertz CT molecular complexity index is 572. The third-order valence-electron chi connectivity index (χ3n) is 2.84. The van der Waals surface area contributed by atoms with Crippen LogP contribution < -0.4 is 10.6 Å². The van der Waals surface area contributed by atoms with Gasteiger partial charge in [-0.3, -0.25) is 4.21 Å². The Morgan fingerprint density at radius 3 is 2.52 bits per heavy atom. The fraction of sp³-hybridized carbons (Fsp3) is 0.429. The first-order valence-corrected chi connectivity index (χ1v) is 8.23. The quantitative estimate of drug-likeness (QED) is 0.699. The molecule has 1 rings (SSSR count). The molecule has 2 amide bonds. The third kappa shape index (κ3) is 5.55. The molecule has 0 saturated heterocycles. The first-order valence-electron chi connectivity index (χ1n) is 6.50. The summed E-state index contributed by atoms with van der Waals surface area (Å²) in [6.45, 7) is 3.93. The number of rotatable bonds is 6. The molecule has 0 aliphatic heterocycles. The molecular weight excluding hydrogens is 292 g/mol. The van der Waals surface area contributed by atoms with Crippen LogP contribution in [0.15, 0.2) is 12.1 Å². The van der Waals surface area contributed by atoms with Crippen LogP contribution in [-0.2, 0) is 10.8 Å². The highest BCUT2D eigenvalue weighted by atomic mass is 32.2. The molecule has 116 valence electrons. The maximum atomic E-state index is 11.8. The van der Waals surface area contributed by atoms with Gasteiger partial charge in [0.2, 0.25) is 0 Å². The summed E-state index contributed by atoms with van der Waals surface area (Å²) in [6.07, 6.45) is 2.21. The predicted octanol–water partition coefficient (Wildman–Crippen LogP) is 1.89. The van der Waals surface area contributed by atoms with Crippen LogP contribution in [0, 0.1) is 13.8 Å². The molecule has 7 heteroatoms. The molecule has 0 aromatic heterocycles. The molecule has 0 spiro atoms. The Morgan fingerprint density at radius 1 is 1.29 bits per heavy atom. The van der Waals surface area contributed by atoms with E-state index in [2.05, 4.69) is 10.6 Å². The standard InChI is InChI=1S/C14H20N2O4S/c1-9-7-10(2)12(11(8-9)13(17)18)16-14(19)15-5-4-6-21(3)20/h7-8H,4-6H2,1-3H3,(H,17,18)(H2,15,16,19). The zero-order chi connectivity index (χ0) is 16.0. The Labute approximate surface area is 126 Å². The van der Waals surface area contributed by atoms with Gasteiger partial charge in [0, 0.05) is 29.4 Å². The van der Waals surface area contributed by atoms with Gasteiger partial charge < -0.3 is 15.7 Å². The number of nitrogens with one attached hydrogen (secondary N) is 2. The summed E-state index contributed by atoms with van der Waals surface area (Å²) < 4.78 is 10.9. The Balaban J connectivity index is 2.72. The van der Waals surface area contributed by atoms with Crippen molar-refractivity contribution in [1.29, 1.82) is 0 Å². The van der Waals surface area contributed by atoms with Crippen LogP contribution in [-0.4, -0.2) is 39.9 Å². The topological polar surface area (TPSA) is 95.5 Å². The molecule has 1 aromatic carbocycles. The first-order chi connectivity index (χ1) is 9.81. The van der Waals surface area contributed by atoms with E-state index in [1.807, 2.05) is 6.07 Å². The summed E-state index contributed by atoms with van der Waals surface area (Å²) in [6, 6.07) is 2.86. The van der Waals surface area contributed by atoms with Gasteiger partial charge in [-0.1, -0.05) is 6.07 Å². The van der Waals surface area contributed by atoms with Crippen molar-refractivity contribution in [3.05, 3.63) is 28.8 Å². The summed E-state index contributed by atoms with van der Waals surface area (Å²) in [4.78, 5) is 23.0. The third-order valence-corrected chi connectivity index (χ3v) is 3.71. The molecule has 0 heterocycles. The van der Waals surface area contributed by atoms with Crippen molar-refractivity contribution in [3.63, 3.8) is 0 Å². The lowest BCUT2D eigenvalue weighted by atomic mass is 10.0. The zero-order valence-electron chi connectivity index (χ0n) is 12.4. The van der Waals surface area contributed by atoms with Crippen LogP contribution >= 0.6 is 0 Å². The van der Waals surface area contributed by atoms with Crippen molar-refractivity contribution >= 4 is 28.5 Å². The monoisotopic (exact) mass is 312 g/mol. The largest absolute Gasteiger partial charge is 0.478 e. The highest BCUT2D eigenvalue weighted by molar-refractivity contribution is 7.84. The van der Waals surface area contributed by atoms with E-state index in [0.29, 0.717) is 30.0 Å². The van der Waals surface area contributed by atoms with Crippen LogP contribution in [0.5, 0.6) is 0 Å². The number of amides is 2. The Kier molecular flexibility index (Phi) is 6.36. The number of hydrogen-bond donors (Lipinski definition) is 3. The molecule has 0 aliphatic rings. The number of carbonyl (C=O) groups excluding carboxylic acids is 1. The Hall–Kier alpha value is -1.89. The molecule has 6 nitrogen and oxygen atoms in total. The number of carboxylic acids is 1. The smallest absolute Gasteiger partial charge is 0.337 e. The number of carbonyl (C=O) groups is 2. The maximum absolute atomic E-state index is 11.8. The molecule has 0 radical (unpaired) electrons. The lowest BCUT2D eigenvalue weighted by Gasteiger charge is -2.13. The second-order valence-electron chi connectivity index (χ2n) is 4.82. The van der Waals surface area contributed by atoms with E-state index in [9.17, 15) is 18.9 Å². The van der Waals surface area contributed by atoms with E-state index in [-0.39, 0.29) is 5.56 Å². The van der Waals surface area contributed by atoms with E-state index < -0.39 is 22.8 Å². The second-order valence-corrected chi connectivity index (χ2v) is 6.38. The van der Waals surface area contributed by atoms with E-state index >= 15 is 0 Å². The molecule has 1 aromatic rings. The molecule has 0 fully saturated rings. The average Bonchev–Trinajstić information content (AvgIpc) is 2.37. The molecule has 0 bridgehead atoms. The number of anilines is 1. The second kappa shape index (κ2) is 7.78. The molecule has 0 aliphatic carbocycles. The molecular formula is C14H20N2O4S. The lowest BCUT2D eigenvalue weighted by molar-refractivity contribution is 0.0698. The maximum Gasteiger partial charge on any atom is 0.337 e.